The Balaban J connectivity index is 1.86. The Morgan fingerprint density at radius 3 is 2.24 bits per heavy atom. The van der Waals surface area contributed by atoms with E-state index in [1.54, 1.807) is 17.0 Å². The summed E-state index contributed by atoms with van der Waals surface area (Å²) >= 11 is 0. The molecule has 1 aromatic carbocycles. The molecular formula is C15H22F2N2O2+2. The third-order valence-corrected chi connectivity index (χ3v) is 3.98. The highest BCUT2D eigenvalue weighted by molar-refractivity contribution is 5.96. The highest BCUT2D eigenvalue weighted by Gasteiger charge is 2.24. The van der Waals surface area contributed by atoms with Gasteiger partial charge in [0.15, 0.2) is 0 Å². The standard InChI is InChI=1S/C15H20F2N2O2/c1-2-18-7-9-19(10-8-18)11-14(20)12-3-5-13(6-4-12)21-15(16)17/h3-6,15H,2,7-11H2,1H3/p+2. The van der Waals surface area contributed by atoms with Gasteiger partial charge >= 0.3 is 6.61 Å². The summed E-state index contributed by atoms with van der Waals surface area (Å²) in [4.78, 5) is 15.1. The van der Waals surface area contributed by atoms with Crippen LogP contribution in [0.25, 0.3) is 0 Å². The molecule has 21 heavy (non-hydrogen) atoms. The van der Waals surface area contributed by atoms with Gasteiger partial charge in [0.2, 0.25) is 5.78 Å². The number of piperazine rings is 1. The topological polar surface area (TPSA) is 35.2 Å². The minimum Gasteiger partial charge on any atom is -0.435 e. The van der Waals surface area contributed by atoms with Crippen molar-refractivity contribution < 1.29 is 28.1 Å². The Bertz CT molecular complexity index is 457. The lowest BCUT2D eigenvalue weighted by molar-refractivity contribution is -1.01. The SMILES string of the molecule is CC[NH+]1CC[NH+](CC(=O)c2ccc(OC(F)F)cc2)CC1. The number of halogens is 2. The van der Waals surface area contributed by atoms with Crippen molar-refractivity contribution in [1.29, 1.82) is 0 Å². The number of benzene rings is 1. The number of ether oxygens (including phenoxy) is 1. The second-order valence-electron chi connectivity index (χ2n) is 5.36. The van der Waals surface area contributed by atoms with Crippen LogP contribution in [0.1, 0.15) is 17.3 Å². The Labute approximate surface area is 123 Å². The van der Waals surface area contributed by atoms with E-state index in [0.29, 0.717) is 12.1 Å². The fourth-order valence-electron chi connectivity index (χ4n) is 2.64. The summed E-state index contributed by atoms with van der Waals surface area (Å²) < 4.78 is 28.4. The molecule has 0 spiro atoms. The van der Waals surface area contributed by atoms with Crippen molar-refractivity contribution in [1.82, 2.24) is 0 Å². The van der Waals surface area contributed by atoms with E-state index in [4.69, 9.17) is 0 Å². The highest BCUT2D eigenvalue weighted by atomic mass is 19.3. The zero-order valence-corrected chi connectivity index (χ0v) is 12.2. The van der Waals surface area contributed by atoms with Gasteiger partial charge in [-0.3, -0.25) is 4.79 Å². The lowest BCUT2D eigenvalue weighted by Crippen LogP contribution is -3.28. The van der Waals surface area contributed by atoms with E-state index in [0.717, 1.165) is 32.7 Å². The van der Waals surface area contributed by atoms with Crippen LogP contribution in [-0.4, -0.2) is 51.7 Å². The van der Waals surface area contributed by atoms with Crippen LogP contribution in [0, 0.1) is 0 Å². The van der Waals surface area contributed by atoms with E-state index in [2.05, 4.69) is 11.7 Å². The first kappa shape index (κ1) is 15.9. The van der Waals surface area contributed by atoms with Crippen molar-refractivity contribution in [3.05, 3.63) is 29.8 Å². The Kier molecular flexibility index (Phi) is 5.64. The molecule has 0 saturated carbocycles. The molecule has 1 aliphatic rings. The number of Topliss-reactive ketones (excluding diaryl/α,β-unsaturated/α-hetero) is 1. The van der Waals surface area contributed by atoms with Crippen LogP contribution in [0.5, 0.6) is 5.75 Å². The van der Waals surface area contributed by atoms with Gasteiger partial charge < -0.3 is 14.5 Å². The molecule has 1 heterocycles. The maximum Gasteiger partial charge on any atom is 0.387 e. The van der Waals surface area contributed by atoms with Gasteiger partial charge in [0, 0.05) is 5.56 Å². The summed E-state index contributed by atoms with van der Waals surface area (Å²) in [5.74, 6) is 0.127. The van der Waals surface area contributed by atoms with Gasteiger partial charge in [-0.2, -0.15) is 8.78 Å². The number of hydrogen-bond acceptors (Lipinski definition) is 2. The molecule has 1 fully saturated rings. The summed E-state index contributed by atoms with van der Waals surface area (Å²) in [6.07, 6.45) is 0. The van der Waals surface area contributed by atoms with Crippen molar-refractivity contribution in [2.45, 2.75) is 13.5 Å². The van der Waals surface area contributed by atoms with Crippen LogP contribution in [0.3, 0.4) is 0 Å². The van der Waals surface area contributed by atoms with Gasteiger partial charge in [-0.25, -0.2) is 0 Å². The van der Waals surface area contributed by atoms with Crippen LogP contribution >= 0.6 is 0 Å². The van der Waals surface area contributed by atoms with Crippen molar-refractivity contribution in [2.24, 2.45) is 0 Å². The fraction of sp³-hybridized carbons (Fsp3) is 0.533. The number of alkyl halides is 2. The molecule has 6 heteroatoms. The second kappa shape index (κ2) is 7.47. The van der Waals surface area contributed by atoms with Crippen LogP contribution < -0.4 is 14.5 Å². The molecule has 0 atom stereocenters. The predicted molar refractivity (Wildman–Crippen MR) is 74.2 cm³/mol. The van der Waals surface area contributed by atoms with Crippen LogP contribution in [0.4, 0.5) is 8.78 Å². The summed E-state index contributed by atoms with van der Waals surface area (Å²) in [5.41, 5.74) is 0.550. The van der Waals surface area contributed by atoms with Gasteiger partial charge in [-0.1, -0.05) is 0 Å². The number of rotatable bonds is 6. The van der Waals surface area contributed by atoms with Crippen LogP contribution in [0.15, 0.2) is 24.3 Å². The molecule has 0 unspecified atom stereocenters. The molecule has 0 radical (unpaired) electrons. The molecule has 0 bridgehead atoms. The first-order chi connectivity index (χ1) is 10.1. The predicted octanol–water partition coefficient (Wildman–Crippen LogP) is -0.726. The molecule has 0 aromatic heterocycles. The molecule has 2 rings (SSSR count). The molecule has 1 aliphatic heterocycles. The number of carbonyl (C=O) groups is 1. The molecule has 2 N–H and O–H groups in total. The molecule has 1 saturated heterocycles. The largest absolute Gasteiger partial charge is 0.435 e. The first-order valence-corrected chi connectivity index (χ1v) is 7.33. The lowest BCUT2D eigenvalue weighted by Gasteiger charge is -2.28. The molecule has 0 aliphatic carbocycles. The quantitative estimate of drug-likeness (QED) is 0.680. The highest BCUT2D eigenvalue weighted by Crippen LogP contribution is 2.14. The number of quaternary nitrogens is 2. The van der Waals surface area contributed by atoms with Crippen LogP contribution in [0.2, 0.25) is 0 Å². The van der Waals surface area contributed by atoms with Gasteiger partial charge in [-0.05, 0) is 31.2 Å². The van der Waals surface area contributed by atoms with Gasteiger partial charge in [0.25, 0.3) is 0 Å². The van der Waals surface area contributed by atoms with Crippen molar-refractivity contribution in [2.75, 3.05) is 39.3 Å². The number of likely N-dealkylation sites (N-methyl/N-ethyl adjacent to an activating group) is 1. The monoisotopic (exact) mass is 300 g/mol. The zero-order chi connectivity index (χ0) is 15.2. The van der Waals surface area contributed by atoms with Crippen molar-refractivity contribution in [3.63, 3.8) is 0 Å². The number of hydrogen-bond donors (Lipinski definition) is 2. The van der Waals surface area contributed by atoms with E-state index in [1.165, 1.54) is 17.0 Å². The Morgan fingerprint density at radius 2 is 1.71 bits per heavy atom. The summed E-state index contributed by atoms with van der Waals surface area (Å²) in [7, 11) is 0. The van der Waals surface area contributed by atoms with Crippen molar-refractivity contribution >= 4 is 5.78 Å². The fourth-order valence-corrected chi connectivity index (χ4v) is 2.64. The second-order valence-corrected chi connectivity index (χ2v) is 5.36. The Hall–Kier alpha value is -1.53. The minimum atomic E-state index is -2.84. The molecular weight excluding hydrogens is 278 g/mol. The van der Waals surface area contributed by atoms with E-state index in [-0.39, 0.29) is 11.5 Å². The smallest absolute Gasteiger partial charge is 0.387 e. The van der Waals surface area contributed by atoms with Gasteiger partial charge in [-0.15, -0.1) is 0 Å². The van der Waals surface area contributed by atoms with Crippen molar-refractivity contribution in [3.8, 4) is 5.75 Å². The first-order valence-electron chi connectivity index (χ1n) is 7.33. The van der Waals surface area contributed by atoms with Gasteiger partial charge in [0.05, 0.1) is 6.54 Å². The molecule has 116 valence electrons. The Morgan fingerprint density at radius 1 is 1.14 bits per heavy atom. The summed E-state index contributed by atoms with van der Waals surface area (Å²) in [6, 6.07) is 5.92. The lowest BCUT2D eigenvalue weighted by atomic mass is 10.1. The molecule has 0 amide bonds. The number of ketones is 1. The number of nitrogens with one attached hydrogen (secondary N) is 2. The van der Waals surface area contributed by atoms with Gasteiger partial charge in [0.1, 0.15) is 38.5 Å². The third kappa shape index (κ3) is 4.75. The van der Waals surface area contributed by atoms with E-state index >= 15 is 0 Å². The van der Waals surface area contributed by atoms with E-state index in [9.17, 15) is 13.6 Å². The maximum atomic E-state index is 12.2. The number of carbonyl (C=O) groups excluding carboxylic acids is 1. The molecule has 4 nitrogen and oxygen atoms in total. The minimum absolute atomic E-state index is 0.0496. The molecule has 1 aromatic rings. The third-order valence-electron chi connectivity index (χ3n) is 3.98. The van der Waals surface area contributed by atoms with E-state index in [1.807, 2.05) is 0 Å². The van der Waals surface area contributed by atoms with E-state index < -0.39 is 6.61 Å². The average Bonchev–Trinajstić information content (AvgIpc) is 2.48. The van der Waals surface area contributed by atoms with Crippen LogP contribution in [-0.2, 0) is 0 Å². The summed E-state index contributed by atoms with van der Waals surface area (Å²) in [5, 5.41) is 0. The zero-order valence-electron chi connectivity index (χ0n) is 12.2. The average molecular weight is 300 g/mol. The normalized spacial score (nSPS) is 22.3. The maximum absolute atomic E-state index is 12.2. The summed E-state index contributed by atoms with van der Waals surface area (Å²) in [6.45, 7) is 5.13.